The van der Waals surface area contributed by atoms with Crippen molar-refractivity contribution in [3.05, 3.63) is 47.5 Å². The van der Waals surface area contributed by atoms with E-state index >= 15 is 0 Å². The second-order valence-electron chi connectivity index (χ2n) is 5.14. The minimum atomic E-state index is -0.686. The Morgan fingerprint density at radius 2 is 1.42 bits per heavy atom. The van der Waals surface area contributed by atoms with Gasteiger partial charge in [-0.3, -0.25) is 4.79 Å². The van der Waals surface area contributed by atoms with Gasteiger partial charge in [0, 0.05) is 5.56 Å². The Kier molecular flexibility index (Phi) is 6.43. The molecule has 0 fully saturated rings. The summed E-state index contributed by atoms with van der Waals surface area (Å²) >= 11 is 0. The lowest BCUT2D eigenvalue weighted by molar-refractivity contribution is 0.0471. The van der Waals surface area contributed by atoms with Gasteiger partial charge in [-0.2, -0.15) is 0 Å². The van der Waals surface area contributed by atoms with Crippen LogP contribution in [0.25, 0.3) is 0 Å². The third-order valence-electron chi connectivity index (χ3n) is 3.67. The molecule has 0 bridgehead atoms. The molecule has 2 aromatic rings. The molecule has 0 unspecified atom stereocenters. The molecule has 138 valence electrons. The van der Waals surface area contributed by atoms with Gasteiger partial charge in [0.15, 0.2) is 23.9 Å². The van der Waals surface area contributed by atoms with Crippen LogP contribution in [-0.4, -0.2) is 46.8 Å². The number of esters is 1. The van der Waals surface area contributed by atoms with Crippen molar-refractivity contribution < 1.29 is 33.3 Å². The number of hydrogen-bond acceptors (Lipinski definition) is 7. The third-order valence-corrected chi connectivity index (χ3v) is 3.67. The van der Waals surface area contributed by atoms with Gasteiger partial charge in [-0.25, -0.2) is 4.79 Å². The summed E-state index contributed by atoms with van der Waals surface area (Å²) in [4.78, 5) is 24.6. The lowest BCUT2D eigenvalue weighted by atomic mass is 10.1. The van der Waals surface area contributed by atoms with Gasteiger partial charge in [0.25, 0.3) is 0 Å². The van der Waals surface area contributed by atoms with E-state index in [0.29, 0.717) is 28.6 Å². The molecule has 2 aromatic carbocycles. The molecule has 0 aromatic heterocycles. The van der Waals surface area contributed by atoms with E-state index < -0.39 is 12.6 Å². The molecule has 0 amide bonds. The predicted octanol–water partition coefficient (Wildman–Crippen LogP) is 2.76. The summed E-state index contributed by atoms with van der Waals surface area (Å²) in [5.41, 5.74) is 0.514. The maximum Gasteiger partial charge on any atom is 0.342 e. The van der Waals surface area contributed by atoms with Gasteiger partial charge in [-0.05, 0) is 36.4 Å². The van der Waals surface area contributed by atoms with Crippen molar-refractivity contribution in [2.24, 2.45) is 0 Å². The van der Waals surface area contributed by atoms with Gasteiger partial charge in [0.1, 0.15) is 17.1 Å². The molecule has 0 saturated heterocycles. The number of benzene rings is 2. The van der Waals surface area contributed by atoms with E-state index in [0.717, 1.165) is 0 Å². The summed E-state index contributed by atoms with van der Waals surface area (Å²) in [5, 5.41) is 0. The molecule has 0 atom stereocenters. The second kappa shape index (κ2) is 8.75. The summed E-state index contributed by atoms with van der Waals surface area (Å²) in [6, 6.07) is 9.45. The normalized spacial score (nSPS) is 10.0. The lowest BCUT2D eigenvalue weighted by Gasteiger charge is -2.11. The van der Waals surface area contributed by atoms with E-state index in [1.807, 2.05) is 0 Å². The number of ketones is 1. The Morgan fingerprint density at radius 1 is 0.769 bits per heavy atom. The van der Waals surface area contributed by atoms with E-state index in [1.54, 1.807) is 24.3 Å². The zero-order valence-electron chi connectivity index (χ0n) is 15.0. The van der Waals surface area contributed by atoms with Gasteiger partial charge >= 0.3 is 5.97 Å². The van der Waals surface area contributed by atoms with E-state index in [-0.39, 0.29) is 11.3 Å². The highest BCUT2D eigenvalue weighted by Gasteiger charge is 2.18. The first-order valence-corrected chi connectivity index (χ1v) is 7.68. The molecular formula is C19H20O7. The topological polar surface area (TPSA) is 80.3 Å². The first kappa shape index (κ1) is 19.1. The monoisotopic (exact) mass is 360 g/mol. The molecule has 0 aliphatic heterocycles. The number of Topliss-reactive ketones (excluding diaryl/α,β-unsaturated/α-hetero) is 1. The number of rotatable bonds is 8. The van der Waals surface area contributed by atoms with Crippen molar-refractivity contribution >= 4 is 11.8 Å². The van der Waals surface area contributed by atoms with Gasteiger partial charge in [0.05, 0.1) is 28.4 Å². The van der Waals surface area contributed by atoms with Crippen LogP contribution < -0.4 is 18.9 Å². The van der Waals surface area contributed by atoms with Crippen LogP contribution in [0.5, 0.6) is 23.0 Å². The molecule has 2 rings (SSSR count). The number of hydrogen-bond donors (Lipinski definition) is 0. The molecule has 0 N–H and O–H groups in total. The van der Waals surface area contributed by atoms with Crippen molar-refractivity contribution in [2.45, 2.75) is 0 Å². The third kappa shape index (κ3) is 4.24. The smallest absolute Gasteiger partial charge is 0.342 e. The first-order valence-electron chi connectivity index (χ1n) is 7.68. The summed E-state index contributed by atoms with van der Waals surface area (Å²) < 4.78 is 25.6. The molecule has 0 spiro atoms. The van der Waals surface area contributed by atoms with Crippen LogP contribution in [0.2, 0.25) is 0 Å². The van der Waals surface area contributed by atoms with Gasteiger partial charge in [0.2, 0.25) is 0 Å². The Morgan fingerprint density at radius 3 is 2.04 bits per heavy atom. The summed E-state index contributed by atoms with van der Waals surface area (Å²) in [5.74, 6) is 0.662. The maximum atomic E-state index is 12.3. The van der Waals surface area contributed by atoms with Gasteiger partial charge in [-0.1, -0.05) is 0 Å². The Bertz CT molecular complexity index is 798. The lowest BCUT2D eigenvalue weighted by Crippen LogP contribution is -2.15. The number of carbonyl (C=O) groups excluding carboxylic acids is 2. The summed E-state index contributed by atoms with van der Waals surface area (Å²) in [7, 11) is 5.90. The van der Waals surface area contributed by atoms with Gasteiger partial charge in [-0.15, -0.1) is 0 Å². The quantitative estimate of drug-likeness (QED) is 0.529. The highest BCUT2D eigenvalue weighted by Crippen LogP contribution is 2.28. The maximum absolute atomic E-state index is 12.3. The number of carbonyl (C=O) groups is 2. The fourth-order valence-electron chi connectivity index (χ4n) is 2.28. The van der Waals surface area contributed by atoms with Crippen LogP contribution in [-0.2, 0) is 4.74 Å². The van der Waals surface area contributed by atoms with E-state index in [1.165, 1.54) is 40.6 Å². The summed E-state index contributed by atoms with van der Waals surface area (Å²) in [6.07, 6.45) is 0. The van der Waals surface area contributed by atoms with Crippen LogP contribution in [0.15, 0.2) is 36.4 Å². The summed E-state index contributed by atoms with van der Waals surface area (Å²) in [6.45, 7) is -0.422. The molecule has 0 heterocycles. The molecule has 0 radical (unpaired) electrons. The van der Waals surface area contributed by atoms with Crippen LogP contribution >= 0.6 is 0 Å². The molecular weight excluding hydrogens is 340 g/mol. The highest BCUT2D eigenvalue weighted by molar-refractivity contribution is 6.00. The molecule has 0 saturated carbocycles. The van der Waals surface area contributed by atoms with Crippen molar-refractivity contribution in [3.63, 3.8) is 0 Å². The fourth-order valence-corrected chi connectivity index (χ4v) is 2.28. The number of methoxy groups -OCH3 is 4. The van der Waals surface area contributed by atoms with Crippen LogP contribution in [0, 0.1) is 0 Å². The molecule has 26 heavy (non-hydrogen) atoms. The Labute approximate surface area is 151 Å². The van der Waals surface area contributed by atoms with Crippen molar-refractivity contribution in [1.82, 2.24) is 0 Å². The minimum Gasteiger partial charge on any atom is -0.497 e. The van der Waals surface area contributed by atoms with Crippen molar-refractivity contribution in [3.8, 4) is 23.0 Å². The van der Waals surface area contributed by atoms with Crippen LogP contribution in [0.4, 0.5) is 0 Å². The van der Waals surface area contributed by atoms with Crippen LogP contribution in [0.3, 0.4) is 0 Å². The molecule has 7 nitrogen and oxygen atoms in total. The standard InChI is InChI=1S/C19H20O7/c1-22-13-6-8-16(23-2)14(10-13)19(21)26-11-15(20)12-5-7-17(24-3)18(9-12)25-4/h5-10H,11H2,1-4H3. The van der Waals surface area contributed by atoms with Crippen LogP contribution in [0.1, 0.15) is 20.7 Å². The number of ether oxygens (including phenoxy) is 5. The predicted molar refractivity (Wildman–Crippen MR) is 93.7 cm³/mol. The van der Waals surface area contributed by atoms with E-state index in [4.69, 9.17) is 23.7 Å². The van der Waals surface area contributed by atoms with E-state index in [2.05, 4.69) is 0 Å². The largest absolute Gasteiger partial charge is 0.497 e. The fraction of sp³-hybridized carbons (Fsp3) is 0.263. The average Bonchev–Trinajstić information content (AvgIpc) is 2.70. The van der Waals surface area contributed by atoms with Crippen molar-refractivity contribution in [2.75, 3.05) is 35.0 Å². The average molecular weight is 360 g/mol. The molecule has 0 aliphatic rings. The van der Waals surface area contributed by atoms with Crippen molar-refractivity contribution in [1.29, 1.82) is 0 Å². The second-order valence-corrected chi connectivity index (χ2v) is 5.14. The Hall–Kier alpha value is -3.22. The zero-order valence-corrected chi connectivity index (χ0v) is 15.0. The molecule has 7 heteroatoms. The zero-order chi connectivity index (χ0) is 19.1. The highest BCUT2D eigenvalue weighted by atomic mass is 16.5. The Balaban J connectivity index is 2.11. The minimum absolute atomic E-state index is 0.173. The SMILES string of the molecule is COc1ccc(OC)c(C(=O)OCC(=O)c2ccc(OC)c(OC)c2)c1. The van der Waals surface area contributed by atoms with E-state index in [9.17, 15) is 9.59 Å². The first-order chi connectivity index (χ1) is 12.5. The molecule has 0 aliphatic carbocycles. The van der Waals surface area contributed by atoms with Gasteiger partial charge < -0.3 is 23.7 Å².